The first-order valence-corrected chi connectivity index (χ1v) is 4.72. The first-order chi connectivity index (χ1) is 7.11. The van der Waals surface area contributed by atoms with Gasteiger partial charge in [0, 0.05) is 6.04 Å². The molecule has 1 aromatic rings. The predicted octanol–water partition coefficient (Wildman–Crippen LogP) is 1.04. The minimum Gasteiger partial charge on any atom is -0.497 e. The molecule has 1 rings (SSSR count). The Kier molecular flexibility index (Phi) is 4.12. The van der Waals surface area contributed by atoms with Crippen LogP contribution in [-0.4, -0.2) is 24.2 Å². The van der Waals surface area contributed by atoms with Crippen molar-refractivity contribution >= 4 is 5.97 Å². The Hall–Kier alpha value is -1.55. The highest BCUT2D eigenvalue weighted by Gasteiger charge is 2.08. The molecular weight excluding hydrogens is 194 g/mol. The lowest BCUT2D eigenvalue weighted by atomic mass is 10.0. The van der Waals surface area contributed by atoms with Crippen LogP contribution in [0.4, 0.5) is 0 Å². The van der Waals surface area contributed by atoms with Crippen LogP contribution in [-0.2, 0) is 11.2 Å². The Labute approximate surface area is 88.7 Å². The molecule has 1 aromatic carbocycles. The van der Waals surface area contributed by atoms with Gasteiger partial charge in [-0.25, -0.2) is 0 Å². The summed E-state index contributed by atoms with van der Waals surface area (Å²) in [7, 11) is 1.60. The molecule has 4 heteroatoms. The van der Waals surface area contributed by atoms with Gasteiger partial charge in [0.25, 0.3) is 0 Å². The Morgan fingerprint density at radius 1 is 1.47 bits per heavy atom. The van der Waals surface area contributed by atoms with Gasteiger partial charge in [0.05, 0.1) is 13.5 Å². The highest BCUT2D eigenvalue weighted by Crippen LogP contribution is 2.12. The number of ether oxygens (including phenoxy) is 1. The topological polar surface area (TPSA) is 72.5 Å². The largest absolute Gasteiger partial charge is 0.497 e. The van der Waals surface area contributed by atoms with Crippen LogP contribution in [0.25, 0.3) is 0 Å². The van der Waals surface area contributed by atoms with Crippen LogP contribution < -0.4 is 10.5 Å². The highest BCUT2D eigenvalue weighted by atomic mass is 16.5. The zero-order chi connectivity index (χ0) is 11.3. The SMILES string of the molecule is COc1ccc(CC(N)CC(=O)O)cc1. The van der Waals surface area contributed by atoms with Crippen molar-refractivity contribution in [3.05, 3.63) is 29.8 Å². The molecule has 0 radical (unpaired) electrons. The summed E-state index contributed by atoms with van der Waals surface area (Å²) in [6.07, 6.45) is 0.558. The van der Waals surface area contributed by atoms with Gasteiger partial charge in [-0.1, -0.05) is 12.1 Å². The number of carboxylic acid groups (broad SMARTS) is 1. The fourth-order valence-electron chi connectivity index (χ4n) is 1.36. The van der Waals surface area contributed by atoms with Crippen molar-refractivity contribution in [2.45, 2.75) is 18.9 Å². The molecule has 0 saturated heterocycles. The fourth-order valence-corrected chi connectivity index (χ4v) is 1.36. The molecule has 1 atom stereocenters. The van der Waals surface area contributed by atoms with Gasteiger partial charge in [0.15, 0.2) is 0 Å². The average molecular weight is 209 g/mol. The standard InChI is InChI=1S/C11H15NO3/c1-15-10-4-2-8(3-5-10)6-9(12)7-11(13)14/h2-5,9H,6-7,12H2,1H3,(H,13,14). The molecule has 0 aliphatic carbocycles. The lowest BCUT2D eigenvalue weighted by Gasteiger charge is -2.09. The maximum atomic E-state index is 10.4. The summed E-state index contributed by atoms with van der Waals surface area (Å²) in [5.74, 6) is -0.0819. The molecule has 0 spiro atoms. The van der Waals surface area contributed by atoms with Crippen molar-refractivity contribution in [3.63, 3.8) is 0 Å². The smallest absolute Gasteiger partial charge is 0.304 e. The quantitative estimate of drug-likeness (QED) is 0.760. The summed E-state index contributed by atoms with van der Waals surface area (Å²) >= 11 is 0. The van der Waals surface area contributed by atoms with E-state index in [4.69, 9.17) is 15.6 Å². The summed E-state index contributed by atoms with van der Waals surface area (Å²) in [4.78, 5) is 10.4. The third kappa shape index (κ3) is 3.99. The number of nitrogens with two attached hydrogens (primary N) is 1. The zero-order valence-corrected chi connectivity index (χ0v) is 8.64. The van der Waals surface area contributed by atoms with Gasteiger partial charge in [-0.3, -0.25) is 4.79 Å². The second-order valence-corrected chi connectivity index (χ2v) is 3.41. The molecule has 15 heavy (non-hydrogen) atoms. The van der Waals surface area contributed by atoms with E-state index in [1.54, 1.807) is 7.11 Å². The number of aliphatic carboxylic acids is 1. The number of carboxylic acids is 1. The van der Waals surface area contributed by atoms with Crippen LogP contribution in [0.15, 0.2) is 24.3 Å². The molecule has 0 aliphatic rings. The summed E-state index contributed by atoms with van der Waals surface area (Å²) in [6, 6.07) is 7.11. The molecule has 82 valence electrons. The first kappa shape index (κ1) is 11.5. The number of hydrogen-bond donors (Lipinski definition) is 2. The molecule has 0 bridgehead atoms. The van der Waals surface area contributed by atoms with E-state index in [1.807, 2.05) is 24.3 Å². The van der Waals surface area contributed by atoms with E-state index in [1.165, 1.54) is 0 Å². The van der Waals surface area contributed by atoms with Gasteiger partial charge in [0.1, 0.15) is 5.75 Å². The number of benzene rings is 1. The molecule has 0 aromatic heterocycles. The number of rotatable bonds is 5. The summed E-state index contributed by atoms with van der Waals surface area (Å²) in [5, 5.41) is 8.54. The minimum absolute atomic E-state index is 0.00791. The van der Waals surface area contributed by atoms with Crippen molar-refractivity contribution in [2.75, 3.05) is 7.11 Å². The Balaban J connectivity index is 2.53. The third-order valence-corrected chi connectivity index (χ3v) is 2.09. The van der Waals surface area contributed by atoms with Crippen LogP contribution in [0.5, 0.6) is 5.75 Å². The van der Waals surface area contributed by atoms with Crippen molar-refractivity contribution in [3.8, 4) is 5.75 Å². The van der Waals surface area contributed by atoms with Gasteiger partial charge in [-0.2, -0.15) is 0 Å². The van der Waals surface area contributed by atoms with Crippen LogP contribution in [0.2, 0.25) is 0 Å². The van der Waals surface area contributed by atoms with Crippen LogP contribution in [0, 0.1) is 0 Å². The molecule has 0 heterocycles. The van der Waals surface area contributed by atoms with E-state index in [-0.39, 0.29) is 12.5 Å². The summed E-state index contributed by atoms with van der Waals surface area (Å²) in [6.45, 7) is 0. The number of carbonyl (C=O) groups is 1. The van der Waals surface area contributed by atoms with E-state index in [0.717, 1.165) is 11.3 Å². The van der Waals surface area contributed by atoms with Crippen molar-refractivity contribution in [2.24, 2.45) is 5.73 Å². The van der Waals surface area contributed by atoms with E-state index in [2.05, 4.69) is 0 Å². The van der Waals surface area contributed by atoms with Crippen molar-refractivity contribution in [1.82, 2.24) is 0 Å². The lowest BCUT2D eigenvalue weighted by molar-refractivity contribution is -0.137. The van der Waals surface area contributed by atoms with Crippen molar-refractivity contribution in [1.29, 1.82) is 0 Å². The Morgan fingerprint density at radius 3 is 2.53 bits per heavy atom. The van der Waals surface area contributed by atoms with E-state index in [0.29, 0.717) is 6.42 Å². The third-order valence-electron chi connectivity index (χ3n) is 2.09. The van der Waals surface area contributed by atoms with Crippen molar-refractivity contribution < 1.29 is 14.6 Å². The van der Waals surface area contributed by atoms with Gasteiger partial charge in [-0.15, -0.1) is 0 Å². The van der Waals surface area contributed by atoms with Gasteiger partial charge in [0.2, 0.25) is 0 Å². The maximum absolute atomic E-state index is 10.4. The molecular formula is C11H15NO3. The second-order valence-electron chi connectivity index (χ2n) is 3.41. The zero-order valence-electron chi connectivity index (χ0n) is 8.64. The lowest BCUT2D eigenvalue weighted by Crippen LogP contribution is -2.26. The number of hydrogen-bond acceptors (Lipinski definition) is 3. The van der Waals surface area contributed by atoms with Crippen LogP contribution in [0.1, 0.15) is 12.0 Å². The van der Waals surface area contributed by atoms with E-state index < -0.39 is 5.97 Å². The van der Waals surface area contributed by atoms with Gasteiger partial charge in [-0.05, 0) is 24.1 Å². The number of methoxy groups -OCH3 is 1. The molecule has 0 saturated carbocycles. The Morgan fingerprint density at radius 2 is 2.07 bits per heavy atom. The minimum atomic E-state index is -0.865. The van der Waals surface area contributed by atoms with Gasteiger partial charge < -0.3 is 15.6 Å². The second kappa shape index (κ2) is 5.36. The normalized spacial score (nSPS) is 12.1. The molecule has 3 N–H and O–H groups in total. The molecule has 0 fully saturated rings. The first-order valence-electron chi connectivity index (χ1n) is 4.72. The molecule has 1 unspecified atom stereocenters. The molecule has 0 aliphatic heterocycles. The van der Waals surface area contributed by atoms with Gasteiger partial charge >= 0.3 is 5.97 Å². The average Bonchev–Trinajstić information content (AvgIpc) is 2.17. The monoisotopic (exact) mass is 209 g/mol. The molecule has 4 nitrogen and oxygen atoms in total. The fraction of sp³-hybridized carbons (Fsp3) is 0.364. The van der Waals surface area contributed by atoms with E-state index in [9.17, 15) is 4.79 Å². The Bertz CT molecular complexity index is 321. The van der Waals surface area contributed by atoms with Crippen LogP contribution in [0.3, 0.4) is 0 Å². The van der Waals surface area contributed by atoms with Crippen LogP contribution >= 0.6 is 0 Å². The highest BCUT2D eigenvalue weighted by molar-refractivity contribution is 5.67. The molecule has 0 amide bonds. The maximum Gasteiger partial charge on any atom is 0.304 e. The summed E-state index contributed by atoms with van der Waals surface area (Å²) in [5.41, 5.74) is 6.68. The predicted molar refractivity (Wildman–Crippen MR) is 56.9 cm³/mol. The summed E-state index contributed by atoms with van der Waals surface area (Å²) < 4.78 is 5.01. The van der Waals surface area contributed by atoms with E-state index >= 15 is 0 Å².